The highest BCUT2D eigenvalue weighted by molar-refractivity contribution is 14.0. The zero-order chi connectivity index (χ0) is 17.6. The van der Waals surface area contributed by atoms with Gasteiger partial charge in [0.05, 0.1) is 0 Å². The molecule has 1 atom stereocenters. The topological polar surface area (TPSA) is 34.1 Å². The Kier molecular flexibility index (Phi) is 8.76. The number of hydrogen-bond donors (Lipinski definition) is 1. The van der Waals surface area contributed by atoms with Crippen molar-refractivity contribution in [3.63, 3.8) is 0 Å². The molecule has 0 radical (unpaired) electrons. The molecule has 26 heavy (non-hydrogen) atoms. The summed E-state index contributed by atoms with van der Waals surface area (Å²) < 4.78 is 0. The van der Waals surface area contributed by atoms with Crippen LogP contribution < -0.4 is 10.2 Å². The molecule has 2 fully saturated rings. The SMILES string of the molecule is CN=C(NCC1CCCN(C)C1)N1CCN(c2cccc(Cl)c2)CC1.I. The van der Waals surface area contributed by atoms with Crippen LogP contribution >= 0.6 is 35.6 Å². The molecule has 0 aromatic heterocycles. The van der Waals surface area contributed by atoms with E-state index < -0.39 is 0 Å². The zero-order valence-electron chi connectivity index (χ0n) is 15.8. The first-order valence-corrected chi connectivity index (χ1v) is 9.68. The largest absolute Gasteiger partial charge is 0.368 e. The van der Waals surface area contributed by atoms with E-state index in [2.05, 4.69) is 38.1 Å². The Morgan fingerprint density at radius 3 is 2.65 bits per heavy atom. The van der Waals surface area contributed by atoms with Gasteiger partial charge in [0.1, 0.15) is 0 Å². The molecule has 1 aromatic carbocycles. The van der Waals surface area contributed by atoms with Crippen LogP contribution in [-0.4, -0.2) is 75.7 Å². The molecule has 5 nitrogen and oxygen atoms in total. The number of piperidine rings is 1. The number of piperazine rings is 1. The summed E-state index contributed by atoms with van der Waals surface area (Å²) in [6, 6.07) is 8.12. The van der Waals surface area contributed by atoms with Crippen LogP contribution in [0.1, 0.15) is 12.8 Å². The van der Waals surface area contributed by atoms with E-state index in [4.69, 9.17) is 11.6 Å². The van der Waals surface area contributed by atoms with E-state index in [0.717, 1.165) is 49.6 Å². The lowest BCUT2D eigenvalue weighted by atomic mass is 9.98. The number of halogens is 2. The molecule has 7 heteroatoms. The first-order chi connectivity index (χ1) is 12.2. The molecule has 2 aliphatic rings. The van der Waals surface area contributed by atoms with Crippen molar-refractivity contribution < 1.29 is 0 Å². The van der Waals surface area contributed by atoms with Crippen LogP contribution in [0.4, 0.5) is 5.69 Å². The average Bonchev–Trinajstić information content (AvgIpc) is 2.63. The van der Waals surface area contributed by atoms with Gasteiger partial charge in [-0.1, -0.05) is 17.7 Å². The van der Waals surface area contributed by atoms with E-state index in [1.165, 1.54) is 31.6 Å². The highest BCUT2D eigenvalue weighted by Crippen LogP contribution is 2.21. The Hall–Kier alpha value is -0.730. The second-order valence-corrected chi connectivity index (χ2v) is 7.59. The predicted molar refractivity (Wildman–Crippen MR) is 122 cm³/mol. The van der Waals surface area contributed by atoms with E-state index in [-0.39, 0.29) is 24.0 Å². The third kappa shape index (κ3) is 5.89. The number of rotatable bonds is 3. The maximum atomic E-state index is 6.12. The van der Waals surface area contributed by atoms with Crippen LogP contribution in [0.15, 0.2) is 29.3 Å². The Bertz CT molecular complexity index is 589. The Labute approximate surface area is 179 Å². The highest BCUT2D eigenvalue weighted by atomic mass is 127. The molecule has 1 unspecified atom stereocenters. The molecule has 0 spiro atoms. The minimum Gasteiger partial charge on any atom is -0.368 e. The average molecular weight is 492 g/mol. The van der Waals surface area contributed by atoms with Gasteiger partial charge in [0.15, 0.2) is 5.96 Å². The summed E-state index contributed by atoms with van der Waals surface area (Å²) >= 11 is 6.12. The normalized spacial score (nSPS) is 22.1. The van der Waals surface area contributed by atoms with E-state index in [1.54, 1.807) is 0 Å². The summed E-state index contributed by atoms with van der Waals surface area (Å²) in [5.74, 6) is 1.77. The van der Waals surface area contributed by atoms with Crippen molar-refractivity contribution in [3.05, 3.63) is 29.3 Å². The summed E-state index contributed by atoms with van der Waals surface area (Å²) in [6.07, 6.45) is 2.62. The summed E-state index contributed by atoms with van der Waals surface area (Å²) in [6.45, 7) is 7.39. The number of benzene rings is 1. The molecule has 146 valence electrons. The van der Waals surface area contributed by atoms with Crippen molar-refractivity contribution in [2.24, 2.45) is 10.9 Å². The van der Waals surface area contributed by atoms with E-state index in [9.17, 15) is 0 Å². The van der Waals surface area contributed by atoms with Crippen LogP contribution in [0, 0.1) is 5.92 Å². The Morgan fingerprint density at radius 1 is 1.23 bits per heavy atom. The minimum absolute atomic E-state index is 0. The molecule has 0 aliphatic carbocycles. The number of likely N-dealkylation sites (tertiary alicyclic amines) is 1. The molecule has 2 heterocycles. The van der Waals surface area contributed by atoms with Gasteiger partial charge in [-0.05, 0) is 50.6 Å². The number of nitrogens with one attached hydrogen (secondary N) is 1. The van der Waals surface area contributed by atoms with Crippen molar-refractivity contribution in [1.29, 1.82) is 0 Å². The molecule has 0 bridgehead atoms. The van der Waals surface area contributed by atoms with Crippen molar-refractivity contribution in [2.75, 3.05) is 64.8 Å². The van der Waals surface area contributed by atoms with Crippen LogP contribution in [0.25, 0.3) is 0 Å². The molecule has 1 aromatic rings. The number of aliphatic imine (C=N–C) groups is 1. The van der Waals surface area contributed by atoms with Crippen molar-refractivity contribution in [3.8, 4) is 0 Å². The molecular weight excluding hydrogens is 461 g/mol. The Balaban J connectivity index is 0.00000243. The number of guanidine groups is 1. The fourth-order valence-electron chi connectivity index (χ4n) is 3.86. The first-order valence-electron chi connectivity index (χ1n) is 9.30. The third-order valence-corrected chi connectivity index (χ3v) is 5.47. The zero-order valence-corrected chi connectivity index (χ0v) is 18.9. The molecule has 3 rings (SSSR count). The monoisotopic (exact) mass is 491 g/mol. The van der Waals surface area contributed by atoms with Crippen LogP contribution in [0.3, 0.4) is 0 Å². The van der Waals surface area contributed by atoms with E-state index in [0.29, 0.717) is 0 Å². The van der Waals surface area contributed by atoms with Gasteiger partial charge in [-0.15, -0.1) is 24.0 Å². The van der Waals surface area contributed by atoms with Gasteiger partial charge in [-0.25, -0.2) is 0 Å². The van der Waals surface area contributed by atoms with Gasteiger partial charge in [0.2, 0.25) is 0 Å². The summed E-state index contributed by atoms with van der Waals surface area (Å²) in [7, 11) is 4.11. The van der Waals surface area contributed by atoms with Gasteiger partial charge >= 0.3 is 0 Å². The maximum absolute atomic E-state index is 6.12. The number of nitrogens with zero attached hydrogens (tertiary/aromatic N) is 4. The highest BCUT2D eigenvalue weighted by Gasteiger charge is 2.22. The second kappa shape index (κ2) is 10.6. The van der Waals surface area contributed by atoms with Crippen LogP contribution in [0.2, 0.25) is 5.02 Å². The van der Waals surface area contributed by atoms with Gasteiger partial charge in [-0.2, -0.15) is 0 Å². The molecular formula is C19H31ClIN5. The Morgan fingerprint density at radius 2 is 2.00 bits per heavy atom. The lowest BCUT2D eigenvalue weighted by Gasteiger charge is -2.38. The number of hydrogen-bond acceptors (Lipinski definition) is 3. The maximum Gasteiger partial charge on any atom is 0.193 e. The second-order valence-electron chi connectivity index (χ2n) is 7.15. The first kappa shape index (κ1) is 21.6. The minimum atomic E-state index is 0. The number of anilines is 1. The molecule has 2 aliphatic heterocycles. The fourth-order valence-corrected chi connectivity index (χ4v) is 4.04. The van der Waals surface area contributed by atoms with Crippen LogP contribution in [0.5, 0.6) is 0 Å². The van der Waals surface area contributed by atoms with E-state index >= 15 is 0 Å². The molecule has 1 N–H and O–H groups in total. The fraction of sp³-hybridized carbons (Fsp3) is 0.632. The lowest BCUT2D eigenvalue weighted by Crippen LogP contribution is -2.53. The quantitative estimate of drug-likeness (QED) is 0.400. The van der Waals surface area contributed by atoms with E-state index in [1.807, 2.05) is 25.2 Å². The molecule has 0 amide bonds. The molecule has 0 saturated carbocycles. The third-order valence-electron chi connectivity index (χ3n) is 5.24. The van der Waals surface area contributed by atoms with Crippen molar-refractivity contribution >= 4 is 47.2 Å². The van der Waals surface area contributed by atoms with Crippen molar-refractivity contribution in [2.45, 2.75) is 12.8 Å². The van der Waals surface area contributed by atoms with Crippen LogP contribution in [-0.2, 0) is 0 Å². The van der Waals surface area contributed by atoms with Gasteiger partial charge in [0, 0.05) is 57.0 Å². The van der Waals surface area contributed by atoms with Crippen molar-refractivity contribution in [1.82, 2.24) is 15.1 Å². The standard InChI is InChI=1S/C19H30ClN5.HI/c1-21-19(22-14-16-5-4-8-23(2)15-16)25-11-9-24(10-12-25)18-7-3-6-17(20)13-18;/h3,6-7,13,16H,4-5,8-12,14-15H2,1-2H3,(H,21,22);1H. The smallest absolute Gasteiger partial charge is 0.193 e. The van der Waals surface area contributed by atoms with Gasteiger partial charge in [-0.3, -0.25) is 4.99 Å². The summed E-state index contributed by atoms with van der Waals surface area (Å²) in [4.78, 5) is 11.7. The molecule has 2 saturated heterocycles. The van der Waals surface area contributed by atoms with Gasteiger partial charge in [0.25, 0.3) is 0 Å². The lowest BCUT2D eigenvalue weighted by molar-refractivity contribution is 0.209. The predicted octanol–water partition coefficient (Wildman–Crippen LogP) is 3.00. The summed E-state index contributed by atoms with van der Waals surface area (Å²) in [5, 5.41) is 4.40. The summed E-state index contributed by atoms with van der Waals surface area (Å²) in [5.41, 5.74) is 1.21. The van der Waals surface area contributed by atoms with Gasteiger partial charge < -0.3 is 20.0 Å².